The van der Waals surface area contributed by atoms with E-state index >= 15 is 0 Å². The van der Waals surface area contributed by atoms with Crippen LogP contribution in [0, 0.1) is 19.8 Å². The summed E-state index contributed by atoms with van der Waals surface area (Å²) in [6, 6.07) is 1.90. The second kappa shape index (κ2) is 7.40. The van der Waals surface area contributed by atoms with Gasteiger partial charge in [-0.15, -0.1) is 11.3 Å². The molecule has 1 rings (SSSR count). The molecule has 1 unspecified atom stereocenters. The monoisotopic (exact) mass is 282 g/mol. The number of ketones is 1. The molecule has 106 valence electrons. The van der Waals surface area contributed by atoms with Crippen molar-refractivity contribution < 1.29 is 9.59 Å². The third kappa shape index (κ3) is 5.12. The van der Waals surface area contributed by atoms with Gasteiger partial charge in [0.1, 0.15) is 0 Å². The number of rotatable bonds is 7. The summed E-state index contributed by atoms with van der Waals surface area (Å²) in [4.78, 5) is 25.7. The van der Waals surface area contributed by atoms with E-state index in [2.05, 4.69) is 5.32 Å². The van der Waals surface area contributed by atoms with Gasteiger partial charge in [-0.1, -0.05) is 6.92 Å². The predicted octanol–water partition coefficient (Wildman–Crippen LogP) is 2.04. The Hall–Kier alpha value is -1.20. The molecule has 1 atom stereocenters. The normalized spacial score (nSPS) is 12.2. The molecule has 0 fully saturated rings. The van der Waals surface area contributed by atoms with Crippen molar-refractivity contribution in [3.63, 3.8) is 0 Å². The highest BCUT2D eigenvalue weighted by molar-refractivity contribution is 7.12. The minimum absolute atomic E-state index is 0.0453. The van der Waals surface area contributed by atoms with Crippen LogP contribution in [0.3, 0.4) is 0 Å². The maximum Gasteiger partial charge on any atom is 0.220 e. The standard InChI is InChI=1S/C14H22N2O2S/c1-9(7-15)8-16-14(18)5-4-13(17)12-6-10(2)19-11(12)3/h6,9H,4-5,7-8,15H2,1-3H3,(H,16,18). The van der Waals surface area contributed by atoms with E-state index in [-0.39, 0.29) is 30.4 Å². The van der Waals surface area contributed by atoms with Crippen LogP contribution in [0.2, 0.25) is 0 Å². The zero-order chi connectivity index (χ0) is 14.4. The van der Waals surface area contributed by atoms with Crippen molar-refractivity contribution in [2.24, 2.45) is 11.7 Å². The first kappa shape index (κ1) is 15.9. The van der Waals surface area contributed by atoms with E-state index in [1.54, 1.807) is 11.3 Å². The maximum absolute atomic E-state index is 12.0. The molecule has 0 spiro atoms. The average molecular weight is 282 g/mol. The highest BCUT2D eigenvalue weighted by atomic mass is 32.1. The molecule has 19 heavy (non-hydrogen) atoms. The molecule has 1 aromatic heterocycles. The number of hydrogen-bond acceptors (Lipinski definition) is 4. The van der Waals surface area contributed by atoms with Gasteiger partial charge in [0.25, 0.3) is 0 Å². The van der Waals surface area contributed by atoms with Crippen molar-refractivity contribution in [1.82, 2.24) is 5.32 Å². The van der Waals surface area contributed by atoms with Crippen molar-refractivity contribution >= 4 is 23.0 Å². The minimum Gasteiger partial charge on any atom is -0.356 e. The molecular formula is C14H22N2O2S. The molecule has 0 aliphatic heterocycles. The van der Waals surface area contributed by atoms with E-state index in [1.807, 2.05) is 26.8 Å². The van der Waals surface area contributed by atoms with Crippen LogP contribution in [0.5, 0.6) is 0 Å². The van der Waals surface area contributed by atoms with Crippen molar-refractivity contribution in [2.45, 2.75) is 33.6 Å². The molecule has 1 heterocycles. The topological polar surface area (TPSA) is 72.2 Å². The summed E-state index contributed by atoms with van der Waals surface area (Å²) in [5.74, 6) is 0.226. The molecule has 1 aromatic rings. The van der Waals surface area contributed by atoms with Gasteiger partial charge < -0.3 is 11.1 Å². The Balaban J connectivity index is 2.38. The quantitative estimate of drug-likeness (QED) is 0.752. The molecule has 0 radical (unpaired) electrons. The van der Waals surface area contributed by atoms with Crippen LogP contribution in [0.25, 0.3) is 0 Å². The average Bonchev–Trinajstić information content (AvgIpc) is 2.72. The lowest BCUT2D eigenvalue weighted by atomic mass is 10.1. The second-order valence-corrected chi connectivity index (χ2v) is 6.36. The number of carbonyl (C=O) groups is 2. The number of hydrogen-bond donors (Lipinski definition) is 2. The number of nitrogens with two attached hydrogens (primary N) is 1. The molecule has 0 aliphatic rings. The summed E-state index contributed by atoms with van der Waals surface area (Å²) < 4.78 is 0. The fourth-order valence-electron chi connectivity index (χ4n) is 1.73. The van der Waals surface area contributed by atoms with Crippen LogP contribution in [0.1, 0.15) is 39.9 Å². The van der Waals surface area contributed by atoms with Crippen LogP contribution in [0.15, 0.2) is 6.07 Å². The SMILES string of the molecule is Cc1cc(C(=O)CCC(=O)NCC(C)CN)c(C)s1. The van der Waals surface area contributed by atoms with Crippen molar-refractivity contribution in [3.8, 4) is 0 Å². The summed E-state index contributed by atoms with van der Waals surface area (Å²) in [5, 5.41) is 2.79. The summed E-state index contributed by atoms with van der Waals surface area (Å²) >= 11 is 1.61. The third-order valence-electron chi connectivity index (χ3n) is 2.97. The smallest absolute Gasteiger partial charge is 0.220 e. The molecule has 0 aromatic carbocycles. The Morgan fingerprint density at radius 3 is 2.58 bits per heavy atom. The Bertz CT molecular complexity index is 454. The van der Waals surface area contributed by atoms with E-state index in [0.29, 0.717) is 13.1 Å². The Labute approximate surface area is 118 Å². The maximum atomic E-state index is 12.0. The van der Waals surface area contributed by atoms with Crippen LogP contribution in [-0.2, 0) is 4.79 Å². The molecule has 0 aliphatic carbocycles. The number of amides is 1. The van der Waals surface area contributed by atoms with E-state index in [9.17, 15) is 9.59 Å². The summed E-state index contributed by atoms with van der Waals surface area (Å²) in [7, 11) is 0. The van der Waals surface area contributed by atoms with Crippen LogP contribution in [0.4, 0.5) is 0 Å². The first-order valence-electron chi connectivity index (χ1n) is 6.51. The van der Waals surface area contributed by atoms with Crippen molar-refractivity contribution in [3.05, 3.63) is 21.4 Å². The van der Waals surface area contributed by atoms with Crippen molar-refractivity contribution in [1.29, 1.82) is 0 Å². The molecule has 1 amide bonds. The van der Waals surface area contributed by atoms with Gasteiger partial charge in [0.05, 0.1) is 0 Å². The van der Waals surface area contributed by atoms with Gasteiger partial charge in [-0.3, -0.25) is 9.59 Å². The zero-order valence-electron chi connectivity index (χ0n) is 11.8. The van der Waals surface area contributed by atoms with Crippen LogP contribution < -0.4 is 11.1 Å². The van der Waals surface area contributed by atoms with E-state index in [4.69, 9.17) is 5.73 Å². The molecule has 0 saturated heterocycles. The third-order valence-corrected chi connectivity index (χ3v) is 3.94. The number of carbonyl (C=O) groups excluding carboxylic acids is 2. The highest BCUT2D eigenvalue weighted by Gasteiger charge is 2.13. The number of aryl methyl sites for hydroxylation is 2. The summed E-state index contributed by atoms with van der Waals surface area (Å²) in [6.45, 7) is 7.01. The summed E-state index contributed by atoms with van der Waals surface area (Å²) in [6.07, 6.45) is 0.504. The molecule has 5 heteroatoms. The lowest BCUT2D eigenvalue weighted by Gasteiger charge is -2.09. The Morgan fingerprint density at radius 2 is 2.05 bits per heavy atom. The Kier molecular flexibility index (Phi) is 6.18. The van der Waals surface area contributed by atoms with Gasteiger partial charge in [0.2, 0.25) is 5.91 Å². The lowest BCUT2D eigenvalue weighted by Crippen LogP contribution is -2.31. The first-order valence-corrected chi connectivity index (χ1v) is 7.32. The molecule has 0 bridgehead atoms. The van der Waals surface area contributed by atoms with Gasteiger partial charge in [-0.05, 0) is 32.4 Å². The van der Waals surface area contributed by atoms with Crippen LogP contribution >= 0.6 is 11.3 Å². The van der Waals surface area contributed by atoms with Gasteiger partial charge in [-0.2, -0.15) is 0 Å². The summed E-state index contributed by atoms with van der Waals surface area (Å²) in [5.41, 5.74) is 6.23. The Morgan fingerprint density at radius 1 is 1.37 bits per heavy atom. The van der Waals surface area contributed by atoms with Gasteiger partial charge >= 0.3 is 0 Å². The van der Waals surface area contributed by atoms with E-state index in [1.165, 1.54) is 0 Å². The molecular weight excluding hydrogens is 260 g/mol. The lowest BCUT2D eigenvalue weighted by molar-refractivity contribution is -0.121. The first-order chi connectivity index (χ1) is 8.93. The zero-order valence-corrected chi connectivity index (χ0v) is 12.6. The molecule has 0 saturated carbocycles. The highest BCUT2D eigenvalue weighted by Crippen LogP contribution is 2.22. The van der Waals surface area contributed by atoms with Gasteiger partial charge in [-0.25, -0.2) is 0 Å². The van der Waals surface area contributed by atoms with Crippen molar-refractivity contribution in [2.75, 3.05) is 13.1 Å². The number of nitrogens with one attached hydrogen (secondary N) is 1. The number of thiophene rings is 1. The number of Topliss-reactive ketones (excluding diaryl/α,β-unsaturated/α-hetero) is 1. The molecule has 4 nitrogen and oxygen atoms in total. The fourth-order valence-corrected chi connectivity index (χ4v) is 2.67. The fraction of sp³-hybridized carbons (Fsp3) is 0.571. The van der Waals surface area contributed by atoms with E-state index in [0.717, 1.165) is 15.3 Å². The predicted molar refractivity (Wildman–Crippen MR) is 78.6 cm³/mol. The largest absolute Gasteiger partial charge is 0.356 e. The van der Waals surface area contributed by atoms with Crippen LogP contribution in [-0.4, -0.2) is 24.8 Å². The molecule has 3 N–H and O–H groups in total. The minimum atomic E-state index is -0.0849. The second-order valence-electron chi connectivity index (χ2n) is 4.90. The van der Waals surface area contributed by atoms with E-state index < -0.39 is 0 Å². The van der Waals surface area contributed by atoms with Gasteiger partial charge in [0, 0.05) is 34.7 Å². The van der Waals surface area contributed by atoms with Gasteiger partial charge in [0.15, 0.2) is 5.78 Å².